The van der Waals surface area contributed by atoms with E-state index in [1.54, 1.807) is 12.1 Å². The van der Waals surface area contributed by atoms with E-state index in [4.69, 9.17) is 4.74 Å². The summed E-state index contributed by atoms with van der Waals surface area (Å²) < 4.78 is 5.63. The molecule has 0 fully saturated rings. The quantitative estimate of drug-likeness (QED) is 0.798. The summed E-state index contributed by atoms with van der Waals surface area (Å²) in [7, 11) is 0. The molecule has 0 aliphatic carbocycles. The minimum absolute atomic E-state index is 0.0783. The molecule has 0 spiro atoms. The second-order valence-corrected chi connectivity index (χ2v) is 6.54. The zero-order chi connectivity index (χ0) is 19.1. The lowest BCUT2D eigenvalue weighted by molar-refractivity contribution is -0.119. The summed E-state index contributed by atoms with van der Waals surface area (Å²) in [6.45, 7) is 7.85. The van der Waals surface area contributed by atoms with Gasteiger partial charge in [0.25, 0.3) is 5.91 Å². The Labute approximate surface area is 154 Å². The van der Waals surface area contributed by atoms with Crippen LogP contribution in [0.5, 0.6) is 5.75 Å². The van der Waals surface area contributed by atoms with Crippen LogP contribution < -0.4 is 15.4 Å². The summed E-state index contributed by atoms with van der Waals surface area (Å²) in [5.41, 5.74) is 2.55. The molecule has 2 amide bonds. The molecule has 0 heterocycles. The lowest BCUT2D eigenvalue weighted by Gasteiger charge is -2.16. The van der Waals surface area contributed by atoms with Crippen molar-refractivity contribution in [2.24, 2.45) is 0 Å². The van der Waals surface area contributed by atoms with Crippen LogP contribution >= 0.6 is 0 Å². The first kappa shape index (κ1) is 19.5. The van der Waals surface area contributed by atoms with Crippen molar-refractivity contribution in [3.63, 3.8) is 0 Å². The molecule has 26 heavy (non-hydrogen) atoms. The third-order valence-corrected chi connectivity index (χ3v) is 3.86. The van der Waals surface area contributed by atoms with Gasteiger partial charge in [0.1, 0.15) is 5.75 Å². The molecular weight excluding hydrogens is 328 g/mol. The standard InChI is InChI=1S/C21H26N2O3/c1-14(2)26-20-11-9-18(10-12-20)15(3)23-21(25)19-7-5-17(6-8-19)13-22-16(4)24/h5-12,14-15H,13H2,1-4H3,(H,22,24)(H,23,25). The van der Waals surface area contributed by atoms with Crippen LogP contribution in [0, 0.1) is 0 Å². The second kappa shape index (κ2) is 9.04. The van der Waals surface area contributed by atoms with Crippen molar-refractivity contribution in [3.8, 4) is 5.75 Å². The fourth-order valence-electron chi connectivity index (χ4n) is 2.47. The van der Waals surface area contributed by atoms with Crippen molar-refractivity contribution >= 4 is 11.8 Å². The van der Waals surface area contributed by atoms with E-state index in [1.807, 2.05) is 57.2 Å². The predicted molar refractivity (Wildman–Crippen MR) is 102 cm³/mol. The van der Waals surface area contributed by atoms with Crippen LogP contribution in [-0.2, 0) is 11.3 Å². The molecule has 1 atom stereocenters. The summed E-state index contributed by atoms with van der Waals surface area (Å²) in [6, 6.07) is 14.8. The molecule has 0 aliphatic rings. The maximum atomic E-state index is 12.4. The van der Waals surface area contributed by atoms with Crippen molar-refractivity contribution < 1.29 is 14.3 Å². The SMILES string of the molecule is CC(=O)NCc1ccc(C(=O)NC(C)c2ccc(OC(C)C)cc2)cc1. The topological polar surface area (TPSA) is 67.4 Å². The Morgan fingerprint density at radius 3 is 2.12 bits per heavy atom. The molecule has 2 aromatic rings. The lowest BCUT2D eigenvalue weighted by atomic mass is 10.1. The third-order valence-electron chi connectivity index (χ3n) is 3.86. The van der Waals surface area contributed by atoms with Crippen molar-refractivity contribution in [1.82, 2.24) is 10.6 Å². The van der Waals surface area contributed by atoms with Gasteiger partial charge in [-0.25, -0.2) is 0 Å². The number of hydrogen-bond donors (Lipinski definition) is 2. The minimum atomic E-state index is -0.133. The van der Waals surface area contributed by atoms with Gasteiger partial charge in [-0.05, 0) is 56.2 Å². The van der Waals surface area contributed by atoms with E-state index in [1.165, 1.54) is 6.92 Å². The Hall–Kier alpha value is -2.82. The van der Waals surface area contributed by atoms with Gasteiger partial charge in [0.15, 0.2) is 0 Å². The maximum Gasteiger partial charge on any atom is 0.251 e. The monoisotopic (exact) mass is 354 g/mol. The molecule has 0 radical (unpaired) electrons. The number of benzene rings is 2. The molecule has 1 unspecified atom stereocenters. The van der Waals surface area contributed by atoms with Gasteiger partial charge < -0.3 is 15.4 Å². The van der Waals surface area contributed by atoms with Crippen LogP contribution in [0.15, 0.2) is 48.5 Å². The highest BCUT2D eigenvalue weighted by Crippen LogP contribution is 2.19. The van der Waals surface area contributed by atoms with Gasteiger partial charge in [-0.1, -0.05) is 24.3 Å². The van der Waals surface area contributed by atoms with Crippen molar-refractivity contribution in [2.45, 2.75) is 46.4 Å². The normalized spacial score (nSPS) is 11.7. The fraction of sp³-hybridized carbons (Fsp3) is 0.333. The van der Waals surface area contributed by atoms with E-state index in [0.29, 0.717) is 12.1 Å². The molecule has 2 rings (SSSR count). The van der Waals surface area contributed by atoms with Crippen LogP contribution in [0.25, 0.3) is 0 Å². The molecule has 0 aliphatic heterocycles. The number of carbonyl (C=O) groups excluding carboxylic acids is 2. The Bertz CT molecular complexity index is 737. The maximum absolute atomic E-state index is 12.4. The average molecular weight is 354 g/mol. The van der Waals surface area contributed by atoms with Crippen molar-refractivity contribution in [1.29, 1.82) is 0 Å². The van der Waals surface area contributed by atoms with Gasteiger partial charge in [0.05, 0.1) is 12.1 Å². The zero-order valence-electron chi connectivity index (χ0n) is 15.7. The predicted octanol–water partition coefficient (Wildman–Crippen LogP) is 3.60. The molecule has 0 bridgehead atoms. The Balaban J connectivity index is 1.94. The number of hydrogen-bond acceptors (Lipinski definition) is 3. The average Bonchev–Trinajstić information content (AvgIpc) is 2.60. The molecule has 0 saturated carbocycles. The van der Waals surface area contributed by atoms with Gasteiger partial charge >= 0.3 is 0 Å². The van der Waals surface area contributed by atoms with Crippen LogP contribution in [0.3, 0.4) is 0 Å². The van der Waals surface area contributed by atoms with Gasteiger partial charge in [-0.15, -0.1) is 0 Å². The number of amides is 2. The summed E-state index contributed by atoms with van der Waals surface area (Å²) in [5.74, 6) is 0.605. The smallest absolute Gasteiger partial charge is 0.251 e. The first-order valence-corrected chi connectivity index (χ1v) is 8.76. The van der Waals surface area contributed by atoms with Crippen LogP contribution in [0.4, 0.5) is 0 Å². The van der Waals surface area contributed by atoms with E-state index < -0.39 is 0 Å². The van der Waals surface area contributed by atoms with E-state index in [0.717, 1.165) is 16.9 Å². The summed E-state index contributed by atoms with van der Waals surface area (Å²) in [4.78, 5) is 23.4. The van der Waals surface area contributed by atoms with Gasteiger partial charge in [0, 0.05) is 19.0 Å². The van der Waals surface area contributed by atoms with Crippen LogP contribution in [-0.4, -0.2) is 17.9 Å². The van der Waals surface area contributed by atoms with Gasteiger partial charge in [-0.2, -0.15) is 0 Å². The van der Waals surface area contributed by atoms with E-state index >= 15 is 0 Å². The Morgan fingerprint density at radius 1 is 0.962 bits per heavy atom. The summed E-state index contributed by atoms with van der Waals surface area (Å²) >= 11 is 0. The van der Waals surface area contributed by atoms with Gasteiger partial charge in [0.2, 0.25) is 5.91 Å². The van der Waals surface area contributed by atoms with E-state index in [-0.39, 0.29) is 24.0 Å². The molecule has 138 valence electrons. The Morgan fingerprint density at radius 2 is 1.58 bits per heavy atom. The molecule has 0 saturated heterocycles. The number of carbonyl (C=O) groups is 2. The number of nitrogens with one attached hydrogen (secondary N) is 2. The highest BCUT2D eigenvalue weighted by molar-refractivity contribution is 5.94. The van der Waals surface area contributed by atoms with Crippen LogP contribution in [0.2, 0.25) is 0 Å². The van der Waals surface area contributed by atoms with Crippen LogP contribution in [0.1, 0.15) is 55.2 Å². The fourth-order valence-corrected chi connectivity index (χ4v) is 2.47. The number of rotatable bonds is 7. The molecular formula is C21H26N2O3. The molecule has 2 N–H and O–H groups in total. The van der Waals surface area contributed by atoms with E-state index in [2.05, 4.69) is 10.6 Å². The summed E-state index contributed by atoms with van der Waals surface area (Å²) in [5, 5.41) is 5.72. The lowest BCUT2D eigenvalue weighted by Crippen LogP contribution is -2.26. The second-order valence-electron chi connectivity index (χ2n) is 6.54. The highest BCUT2D eigenvalue weighted by Gasteiger charge is 2.12. The van der Waals surface area contributed by atoms with Gasteiger partial charge in [-0.3, -0.25) is 9.59 Å². The van der Waals surface area contributed by atoms with E-state index in [9.17, 15) is 9.59 Å². The highest BCUT2D eigenvalue weighted by atomic mass is 16.5. The molecule has 2 aromatic carbocycles. The molecule has 5 nitrogen and oxygen atoms in total. The largest absolute Gasteiger partial charge is 0.491 e. The van der Waals surface area contributed by atoms with Crippen molar-refractivity contribution in [3.05, 3.63) is 65.2 Å². The number of ether oxygens (including phenoxy) is 1. The Kier molecular flexibility index (Phi) is 6.78. The third kappa shape index (κ3) is 5.92. The first-order chi connectivity index (χ1) is 12.3. The van der Waals surface area contributed by atoms with Crippen molar-refractivity contribution in [2.75, 3.05) is 0 Å². The summed E-state index contributed by atoms with van der Waals surface area (Å²) in [6.07, 6.45) is 0.131. The molecule has 0 aromatic heterocycles. The minimum Gasteiger partial charge on any atom is -0.491 e. The first-order valence-electron chi connectivity index (χ1n) is 8.76. The zero-order valence-corrected chi connectivity index (χ0v) is 15.7. The molecule has 5 heteroatoms.